The molecule has 0 bridgehead atoms. The van der Waals surface area contributed by atoms with Crippen LogP contribution in [0.5, 0.6) is 0 Å². The van der Waals surface area contributed by atoms with Crippen molar-refractivity contribution in [1.82, 2.24) is 5.32 Å². The SMILES string of the molecule is CC[C@H](NCc1ccc(F)c(C#N)c1)[C@@H]1CCCO1. The van der Waals surface area contributed by atoms with E-state index in [-0.39, 0.29) is 11.7 Å². The molecule has 0 amide bonds. The van der Waals surface area contributed by atoms with E-state index in [4.69, 9.17) is 10.00 Å². The molecule has 1 aromatic rings. The highest BCUT2D eigenvalue weighted by atomic mass is 19.1. The first-order valence-corrected chi connectivity index (χ1v) is 6.78. The molecule has 1 aliphatic rings. The van der Waals surface area contributed by atoms with Gasteiger partial charge in [-0.2, -0.15) is 5.26 Å². The summed E-state index contributed by atoms with van der Waals surface area (Å²) in [5.74, 6) is -0.461. The summed E-state index contributed by atoms with van der Waals surface area (Å²) in [5.41, 5.74) is 1.03. The van der Waals surface area contributed by atoms with Gasteiger partial charge in [-0.1, -0.05) is 13.0 Å². The summed E-state index contributed by atoms with van der Waals surface area (Å²) in [6.45, 7) is 3.61. The van der Waals surface area contributed by atoms with E-state index in [2.05, 4.69) is 12.2 Å². The van der Waals surface area contributed by atoms with Gasteiger partial charge in [0.05, 0.1) is 11.7 Å². The van der Waals surface area contributed by atoms with E-state index >= 15 is 0 Å². The second-order valence-corrected chi connectivity index (χ2v) is 4.87. The number of hydrogen-bond donors (Lipinski definition) is 1. The van der Waals surface area contributed by atoms with E-state index in [1.807, 2.05) is 6.07 Å². The Labute approximate surface area is 113 Å². The summed E-state index contributed by atoms with van der Waals surface area (Å²) < 4.78 is 18.9. The van der Waals surface area contributed by atoms with E-state index in [0.29, 0.717) is 12.6 Å². The summed E-state index contributed by atoms with van der Waals surface area (Å²) in [6.07, 6.45) is 3.49. The van der Waals surface area contributed by atoms with Gasteiger partial charge in [-0.3, -0.25) is 0 Å². The number of ether oxygens (including phenoxy) is 1. The molecule has 4 heteroatoms. The van der Waals surface area contributed by atoms with Crippen molar-refractivity contribution in [2.45, 2.75) is 44.9 Å². The van der Waals surface area contributed by atoms with Gasteiger partial charge in [-0.25, -0.2) is 4.39 Å². The quantitative estimate of drug-likeness (QED) is 0.887. The van der Waals surface area contributed by atoms with E-state index < -0.39 is 5.82 Å². The third kappa shape index (κ3) is 3.52. The Kier molecular flexibility index (Phi) is 4.89. The molecule has 1 N–H and O–H groups in total. The zero-order valence-electron chi connectivity index (χ0n) is 11.2. The van der Waals surface area contributed by atoms with E-state index in [1.165, 1.54) is 6.07 Å². The van der Waals surface area contributed by atoms with Crippen molar-refractivity contribution in [1.29, 1.82) is 5.26 Å². The highest BCUT2D eigenvalue weighted by molar-refractivity contribution is 5.34. The Morgan fingerprint density at radius 2 is 2.42 bits per heavy atom. The lowest BCUT2D eigenvalue weighted by atomic mass is 10.0. The van der Waals surface area contributed by atoms with E-state index in [9.17, 15) is 4.39 Å². The second kappa shape index (κ2) is 6.65. The molecule has 0 unspecified atom stereocenters. The number of benzene rings is 1. The van der Waals surface area contributed by atoms with Crippen LogP contribution in [0.2, 0.25) is 0 Å². The van der Waals surface area contributed by atoms with Crippen LogP contribution in [-0.2, 0) is 11.3 Å². The number of halogens is 1. The van der Waals surface area contributed by atoms with Gasteiger partial charge >= 0.3 is 0 Å². The predicted octanol–water partition coefficient (Wildman–Crippen LogP) is 2.74. The third-order valence-corrected chi connectivity index (χ3v) is 3.57. The first-order valence-electron chi connectivity index (χ1n) is 6.78. The van der Waals surface area contributed by atoms with Crippen molar-refractivity contribution in [3.8, 4) is 6.07 Å². The van der Waals surface area contributed by atoms with Crippen molar-refractivity contribution in [3.63, 3.8) is 0 Å². The number of nitriles is 1. The van der Waals surface area contributed by atoms with Crippen LogP contribution in [0.4, 0.5) is 4.39 Å². The van der Waals surface area contributed by atoms with Gasteiger partial charge in [0.2, 0.25) is 0 Å². The number of hydrogen-bond acceptors (Lipinski definition) is 3. The molecule has 1 heterocycles. The summed E-state index contributed by atoms with van der Waals surface area (Å²) in [4.78, 5) is 0. The minimum absolute atomic E-state index is 0.101. The Hall–Kier alpha value is -1.44. The van der Waals surface area contributed by atoms with Crippen molar-refractivity contribution in [2.24, 2.45) is 0 Å². The number of rotatable bonds is 5. The fourth-order valence-corrected chi connectivity index (χ4v) is 2.48. The molecule has 1 aromatic carbocycles. The summed E-state index contributed by atoms with van der Waals surface area (Å²) in [7, 11) is 0. The Morgan fingerprint density at radius 3 is 3.05 bits per heavy atom. The zero-order chi connectivity index (χ0) is 13.7. The Bertz CT molecular complexity index is 464. The normalized spacial score (nSPS) is 20.2. The highest BCUT2D eigenvalue weighted by Gasteiger charge is 2.23. The molecule has 2 rings (SSSR count). The van der Waals surface area contributed by atoms with Crippen LogP contribution < -0.4 is 5.32 Å². The van der Waals surface area contributed by atoms with Crippen LogP contribution in [0.1, 0.15) is 37.3 Å². The van der Waals surface area contributed by atoms with Gasteiger partial charge in [-0.05, 0) is 37.0 Å². The average molecular weight is 262 g/mol. The van der Waals surface area contributed by atoms with Crippen LogP contribution in [0.15, 0.2) is 18.2 Å². The van der Waals surface area contributed by atoms with Crippen LogP contribution in [0.25, 0.3) is 0 Å². The molecular weight excluding hydrogens is 243 g/mol. The van der Waals surface area contributed by atoms with E-state index in [1.54, 1.807) is 12.1 Å². The maximum Gasteiger partial charge on any atom is 0.140 e. The summed E-state index contributed by atoms with van der Waals surface area (Å²) in [5, 5.41) is 12.3. The smallest absolute Gasteiger partial charge is 0.140 e. The fraction of sp³-hybridized carbons (Fsp3) is 0.533. The lowest BCUT2D eigenvalue weighted by Gasteiger charge is -2.23. The molecular formula is C15H19FN2O. The van der Waals surface area contributed by atoms with Crippen LogP contribution in [0, 0.1) is 17.1 Å². The van der Waals surface area contributed by atoms with Gasteiger partial charge in [0.1, 0.15) is 11.9 Å². The monoisotopic (exact) mass is 262 g/mol. The number of nitrogens with zero attached hydrogens (tertiary/aromatic N) is 1. The maximum atomic E-state index is 13.2. The average Bonchev–Trinajstić information content (AvgIpc) is 2.95. The topological polar surface area (TPSA) is 45.0 Å². The second-order valence-electron chi connectivity index (χ2n) is 4.87. The Morgan fingerprint density at radius 1 is 1.58 bits per heavy atom. The maximum absolute atomic E-state index is 13.2. The first kappa shape index (κ1) is 14.0. The molecule has 2 atom stereocenters. The van der Waals surface area contributed by atoms with Crippen molar-refractivity contribution in [3.05, 3.63) is 35.1 Å². The van der Waals surface area contributed by atoms with Gasteiger partial charge in [-0.15, -0.1) is 0 Å². The van der Waals surface area contributed by atoms with Crippen molar-refractivity contribution < 1.29 is 9.13 Å². The first-order chi connectivity index (χ1) is 9.24. The van der Waals surface area contributed by atoms with Crippen LogP contribution >= 0.6 is 0 Å². The molecule has 0 aliphatic carbocycles. The van der Waals surface area contributed by atoms with E-state index in [0.717, 1.165) is 31.4 Å². The summed E-state index contributed by atoms with van der Waals surface area (Å²) >= 11 is 0. The molecule has 19 heavy (non-hydrogen) atoms. The molecule has 0 spiro atoms. The minimum atomic E-state index is -0.461. The molecule has 1 saturated heterocycles. The molecule has 102 valence electrons. The lowest BCUT2D eigenvalue weighted by molar-refractivity contribution is 0.0765. The van der Waals surface area contributed by atoms with Crippen LogP contribution in [0.3, 0.4) is 0 Å². The summed E-state index contributed by atoms with van der Waals surface area (Å²) in [6, 6.07) is 6.85. The standard InChI is InChI=1S/C15H19FN2O/c1-2-14(15-4-3-7-19-15)18-10-11-5-6-13(16)12(8-11)9-17/h5-6,8,14-15,18H,2-4,7,10H2,1H3/t14-,15-/m0/s1. The molecule has 3 nitrogen and oxygen atoms in total. The van der Waals surface area contributed by atoms with Gasteiger partial charge in [0.25, 0.3) is 0 Å². The molecule has 1 aliphatic heterocycles. The minimum Gasteiger partial charge on any atom is -0.377 e. The lowest BCUT2D eigenvalue weighted by Crippen LogP contribution is -2.38. The molecule has 1 fully saturated rings. The fourth-order valence-electron chi connectivity index (χ4n) is 2.48. The third-order valence-electron chi connectivity index (χ3n) is 3.57. The van der Waals surface area contributed by atoms with Gasteiger partial charge in [0, 0.05) is 19.2 Å². The largest absolute Gasteiger partial charge is 0.377 e. The van der Waals surface area contributed by atoms with Crippen molar-refractivity contribution >= 4 is 0 Å². The highest BCUT2D eigenvalue weighted by Crippen LogP contribution is 2.18. The molecule has 0 radical (unpaired) electrons. The van der Waals surface area contributed by atoms with Gasteiger partial charge < -0.3 is 10.1 Å². The zero-order valence-corrected chi connectivity index (χ0v) is 11.2. The molecule has 0 aromatic heterocycles. The van der Waals surface area contributed by atoms with Crippen LogP contribution in [-0.4, -0.2) is 18.8 Å². The predicted molar refractivity (Wildman–Crippen MR) is 71.0 cm³/mol. The van der Waals surface area contributed by atoms with Crippen molar-refractivity contribution in [2.75, 3.05) is 6.61 Å². The number of nitrogens with one attached hydrogen (secondary N) is 1. The Balaban J connectivity index is 1.95. The van der Waals surface area contributed by atoms with Gasteiger partial charge in [0.15, 0.2) is 0 Å². The molecule has 0 saturated carbocycles.